The molecular formula is C28H31ClN2O5. The van der Waals surface area contributed by atoms with Crippen molar-refractivity contribution in [2.45, 2.75) is 18.9 Å². The number of carbonyl (C=O) groups excluding carboxylic acids is 2. The summed E-state index contributed by atoms with van der Waals surface area (Å²) in [6.45, 7) is 2.77. The van der Waals surface area contributed by atoms with Crippen molar-refractivity contribution in [3.05, 3.63) is 71.8 Å². The summed E-state index contributed by atoms with van der Waals surface area (Å²) in [6.07, 6.45) is 1.12. The molecule has 3 aromatic carbocycles. The van der Waals surface area contributed by atoms with Crippen molar-refractivity contribution in [3.63, 3.8) is 0 Å². The first-order chi connectivity index (χ1) is 17.0. The van der Waals surface area contributed by atoms with E-state index in [0.717, 1.165) is 36.7 Å². The van der Waals surface area contributed by atoms with Gasteiger partial charge in [0.1, 0.15) is 24.2 Å². The van der Waals surface area contributed by atoms with Crippen LogP contribution >= 0.6 is 12.4 Å². The van der Waals surface area contributed by atoms with E-state index in [1.165, 1.54) is 4.90 Å². The van der Waals surface area contributed by atoms with Crippen LogP contribution in [0.25, 0.3) is 10.8 Å². The van der Waals surface area contributed by atoms with Gasteiger partial charge in [-0.05, 0) is 61.5 Å². The van der Waals surface area contributed by atoms with Gasteiger partial charge in [0.25, 0.3) is 11.8 Å². The van der Waals surface area contributed by atoms with Crippen LogP contribution < -0.4 is 9.47 Å². The standard InChI is InChI=1S/C28H30N2O5.ClH/c1-34-22-7-4-8-23(15-22)35-18-21(31)17-29-13-11-19(12-14-29)16-30-27(32)24-9-2-5-20-6-3-10-25(26(20)24)28(30)33;/h2-10,15,19,21,31H,11-14,16-18H2,1H3;1H. The lowest BCUT2D eigenvalue weighted by atomic mass is 9.91. The Hall–Kier alpha value is -3.13. The normalized spacial score (nSPS) is 17.1. The van der Waals surface area contributed by atoms with E-state index in [1.807, 2.05) is 54.6 Å². The number of methoxy groups -OCH3 is 1. The molecule has 2 aliphatic heterocycles. The summed E-state index contributed by atoms with van der Waals surface area (Å²) in [5.41, 5.74) is 1.21. The zero-order valence-corrected chi connectivity index (χ0v) is 21.1. The Morgan fingerprint density at radius 3 is 2.19 bits per heavy atom. The minimum Gasteiger partial charge on any atom is -0.497 e. The highest BCUT2D eigenvalue weighted by atomic mass is 35.5. The number of β-amino-alcohol motifs (C(OH)–C–C–N with tert-alkyl or cyclic N) is 1. The Kier molecular flexibility index (Phi) is 8.14. The van der Waals surface area contributed by atoms with E-state index in [1.54, 1.807) is 13.2 Å². The van der Waals surface area contributed by atoms with Crippen molar-refractivity contribution in [1.29, 1.82) is 0 Å². The molecule has 0 aromatic heterocycles. The van der Waals surface area contributed by atoms with Crippen molar-refractivity contribution in [3.8, 4) is 11.5 Å². The Labute approximate surface area is 217 Å². The predicted molar refractivity (Wildman–Crippen MR) is 140 cm³/mol. The topological polar surface area (TPSA) is 79.3 Å². The number of hydrogen-bond acceptors (Lipinski definition) is 6. The molecule has 0 saturated carbocycles. The fraction of sp³-hybridized carbons (Fsp3) is 0.357. The summed E-state index contributed by atoms with van der Waals surface area (Å²) in [7, 11) is 1.61. The molecule has 0 bridgehead atoms. The number of rotatable bonds is 8. The van der Waals surface area contributed by atoms with E-state index < -0.39 is 6.10 Å². The van der Waals surface area contributed by atoms with Gasteiger partial charge in [-0.1, -0.05) is 30.3 Å². The Bertz CT molecular complexity index is 1190. The molecule has 1 unspecified atom stereocenters. The third-order valence-corrected chi connectivity index (χ3v) is 6.96. The summed E-state index contributed by atoms with van der Waals surface area (Å²) in [4.78, 5) is 30.0. The van der Waals surface area contributed by atoms with E-state index in [4.69, 9.17) is 9.47 Å². The highest BCUT2D eigenvalue weighted by molar-refractivity contribution is 6.25. The SMILES string of the molecule is COc1cccc(OCC(O)CN2CCC(CN3C(=O)c4cccc5cccc(c45)C3=O)CC2)c1.Cl. The van der Waals surface area contributed by atoms with E-state index in [9.17, 15) is 14.7 Å². The van der Waals surface area contributed by atoms with Crippen molar-refractivity contribution < 1.29 is 24.2 Å². The molecule has 0 radical (unpaired) electrons. The van der Waals surface area contributed by atoms with Crippen LogP contribution in [0, 0.1) is 5.92 Å². The van der Waals surface area contributed by atoms with E-state index in [2.05, 4.69) is 4.90 Å². The molecule has 5 rings (SSSR count). The van der Waals surface area contributed by atoms with E-state index in [-0.39, 0.29) is 36.7 Å². The second kappa shape index (κ2) is 11.3. The van der Waals surface area contributed by atoms with Crippen LogP contribution in [0.3, 0.4) is 0 Å². The second-order valence-corrected chi connectivity index (χ2v) is 9.32. The Balaban J connectivity index is 0.00000304. The van der Waals surface area contributed by atoms with Crippen LogP contribution in [-0.2, 0) is 0 Å². The zero-order valence-electron chi connectivity index (χ0n) is 20.3. The fourth-order valence-corrected chi connectivity index (χ4v) is 5.09. The molecular weight excluding hydrogens is 480 g/mol. The second-order valence-electron chi connectivity index (χ2n) is 9.32. The quantitative estimate of drug-likeness (QED) is 0.461. The number of piperidine rings is 1. The first-order valence-corrected chi connectivity index (χ1v) is 12.1. The van der Waals surface area contributed by atoms with E-state index in [0.29, 0.717) is 35.7 Å². The minimum absolute atomic E-state index is 0. The number of nitrogens with zero attached hydrogens (tertiary/aromatic N) is 2. The molecule has 1 fully saturated rings. The number of halogens is 1. The third-order valence-electron chi connectivity index (χ3n) is 6.96. The molecule has 1 atom stereocenters. The molecule has 8 heteroatoms. The highest BCUT2D eigenvalue weighted by Crippen LogP contribution is 2.31. The van der Waals surface area contributed by atoms with Gasteiger partial charge in [-0.3, -0.25) is 14.5 Å². The number of benzene rings is 3. The Morgan fingerprint density at radius 1 is 0.944 bits per heavy atom. The molecule has 3 aromatic rings. The van der Waals surface area contributed by atoms with Gasteiger partial charge >= 0.3 is 0 Å². The summed E-state index contributed by atoms with van der Waals surface area (Å²) >= 11 is 0. The number of carbonyl (C=O) groups is 2. The van der Waals surface area contributed by atoms with Crippen LogP contribution in [0.15, 0.2) is 60.7 Å². The van der Waals surface area contributed by atoms with Gasteiger partial charge in [-0.25, -0.2) is 0 Å². The van der Waals surface area contributed by atoms with Gasteiger partial charge in [0, 0.05) is 35.7 Å². The number of ether oxygens (including phenoxy) is 2. The van der Waals surface area contributed by atoms with Crippen LogP contribution in [0.2, 0.25) is 0 Å². The average Bonchev–Trinajstić information content (AvgIpc) is 2.89. The van der Waals surface area contributed by atoms with Gasteiger partial charge in [-0.15, -0.1) is 12.4 Å². The zero-order chi connectivity index (χ0) is 24.4. The van der Waals surface area contributed by atoms with Crippen LogP contribution in [-0.4, -0.2) is 72.7 Å². The highest BCUT2D eigenvalue weighted by Gasteiger charge is 2.34. The molecule has 36 heavy (non-hydrogen) atoms. The third kappa shape index (κ3) is 5.33. The maximum Gasteiger partial charge on any atom is 0.261 e. The number of amides is 2. The van der Waals surface area contributed by atoms with Gasteiger partial charge in [0.05, 0.1) is 7.11 Å². The molecule has 2 aliphatic rings. The molecule has 1 N–H and O–H groups in total. The molecule has 0 spiro atoms. The first-order valence-electron chi connectivity index (χ1n) is 12.1. The van der Waals surface area contributed by atoms with Gasteiger partial charge in [-0.2, -0.15) is 0 Å². The molecule has 1 saturated heterocycles. The van der Waals surface area contributed by atoms with E-state index >= 15 is 0 Å². The van der Waals surface area contributed by atoms with Crippen LogP contribution in [0.1, 0.15) is 33.6 Å². The van der Waals surface area contributed by atoms with Gasteiger partial charge in [0.2, 0.25) is 0 Å². The molecule has 0 aliphatic carbocycles. The van der Waals surface area contributed by atoms with Gasteiger partial charge in [0.15, 0.2) is 0 Å². The van der Waals surface area contributed by atoms with Gasteiger partial charge < -0.3 is 19.5 Å². The smallest absolute Gasteiger partial charge is 0.261 e. The number of hydrogen-bond donors (Lipinski definition) is 1. The average molecular weight is 511 g/mol. The van der Waals surface area contributed by atoms with Crippen LogP contribution in [0.5, 0.6) is 11.5 Å². The predicted octanol–water partition coefficient (Wildman–Crippen LogP) is 4.02. The maximum absolute atomic E-state index is 13.2. The number of likely N-dealkylation sites (tertiary alicyclic amines) is 1. The molecule has 7 nitrogen and oxygen atoms in total. The number of aliphatic hydroxyl groups is 1. The van der Waals surface area contributed by atoms with Crippen LogP contribution in [0.4, 0.5) is 0 Å². The fourth-order valence-electron chi connectivity index (χ4n) is 5.09. The van der Waals surface area contributed by atoms with Crippen molar-refractivity contribution in [2.24, 2.45) is 5.92 Å². The Morgan fingerprint density at radius 2 is 1.56 bits per heavy atom. The largest absolute Gasteiger partial charge is 0.497 e. The van der Waals surface area contributed by atoms with Crippen molar-refractivity contribution in [2.75, 3.05) is 39.9 Å². The monoisotopic (exact) mass is 510 g/mol. The maximum atomic E-state index is 13.2. The first kappa shape index (κ1) is 25.9. The van der Waals surface area contributed by atoms with Crippen molar-refractivity contribution in [1.82, 2.24) is 9.80 Å². The molecule has 2 heterocycles. The summed E-state index contributed by atoms with van der Waals surface area (Å²) in [5.74, 6) is 1.22. The minimum atomic E-state index is -0.611. The lowest BCUT2D eigenvalue weighted by molar-refractivity contribution is 0.0453. The lowest BCUT2D eigenvalue weighted by Crippen LogP contribution is -2.46. The molecule has 190 valence electrons. The van der Waals surface area contributed by atoms with Crippen molar-refractivity contribution >= 4 is 35.0 Å². The number of imide groups is 1. The summed E-state index contributed by atoms with van der Waals surface area (Å²) in [6, 6.07) is 18.6. The lowest BCUT2D eigenvalue weighted by Gasteiger charge is -2.36. The number of aliphatic hydroxyl groups excluding tert-OH is 1. The summed E-state index contributed by atoms with van der Waals surface area (Å²) < 4.78 is 10.9. The summed E-state index contributed by atoms with van der Waals surface area (Å²) in [5, 5.41) is 12.1. The molecule has 2 amide bonds.